The molecular formula is C21H19NS. The predicted molar refractivity (Wildman–Crippen MR) is 99.6 cm³/mol. The molecule has 0 heterocycles. The topological polar surface area (TPSA) is 12.4 Å². The zero-order valence-corrected chi connectivity index (χ0v) is 13.7. The Morgan fingerprint density at radius 1 is 0.652 bits per heavy atom. The molecule has 0 aromatic heterocycles. The van der Waals surface area contributed by atoms with Crippen molar-refractivity contribution in [3.63, 3.8) is 0 Å². The summed E-state index contributed by atoms with van der Waals surface area (Å²) in [6, 6.07) is 31.4. The van der Waals surface area contributed by atoms with E-state index in [2.05, 4.69) is 84.9 Å². The van der Waals surface area contributed by atoms with Crippen molar-refractivity contribution in [3.8, 4) is 0 Å². The van der Waals surface area contributed by atoms with Gasteiger partial charge in [-0.05, 0) is 40.5 Å². The molecule has 23 heavy (non-hydrogen) atoms. The zero-order chi connectivity index (χ0) is 15.7. The Bertz CT molecular complexity index is 736. The van der Waals surface area contributed by atoms with Crippen LogP contribution in [0.3, 0.4) is 0 Å². The van der Waals surface area contributed by atoms with Crippen LogP contribution in [0.2, 0.25) is 0 Å². The maximum Gasteiger partial charge on any atom is 0.0650 e. The van der Waals surface area contributed by atoms with Crippen LogP contribution in [-0.2, 0) is 10.7 Å². The van der Waals surface area contributed by atoms with Crippen molar-refractivity contribution < 1.29 is 0 Å². The first-order valence-electron chi connectivity index (χ1n) is 7.67. The molecule has 3 rings (SSSR count). The van der Waals surface area contributed by atoms with Gasteiger partial charge in [-0.3, -0.25) is 4.36 Å². The lowest BCUT2D eigenvalue weighted by Crippen LogP contribution is -1.93. The molecule has 2 heteroatoms. The van der Waals surface area contributed by atoms with Crippen LogP contribution in [0.1, 0.15) is 5.56 Å². The monoisotopic (exact) mass is 317 g/mol. The molecule has 0 saturated heterocycles. The smallest absolute Gasteiger partial charge is 0.0650 e. The van der Waals surface area contributed by atoms with Crippen molar-refractivity contribution in [2.75, 3.05) is 6.54 Å². The fourth-order valence-electron chi connectivity index (χ4n) is 2.25. The van der Waals surface area contributed by atoms with Crippen molar-refractivity contribution in [1.29, 1.82) is 0 Å². The summed E-state index contributed by atoms with van der Waals surface area (Å²) in [5.41, 5.74) is 1.21. The number of hydrogen-bond acceptors (Lipinski definition) is 1. The quantitative estimate of drug-likeness (QED) is 0.579. The molecule has 0 aliphatic heterocycles. The van der Waals surface area contributed by atoms with Gasteiger partial charge in [0, 0.05) is 9.79 Å². The van der Waals surface area contributed by atoms with Crippen LogP contribution < -0.4 is 0 Å². The Morgan fingerprint density at radius 2 is 1.13 bits per heavy atom. The van der Waals surface area contributed by atoms with Gasteiger partial charge in [0.2, 0.25) is 0 Å². The van der Waals surface area contributed by atoms with Gasteiger partial charge >= 0.3 is 0 Å². The third-order valence-electron chi connectivity index (χ3n) is 3.35. The SMILES string of the molecule is C(=C\c1ccccc1)/CN=S(c1ccccc1)c1ccccc1. The lowest BCUT2D eigenvalue weighted by molar-refractivity contribution is 1.26. The van der Waals surface area contributed by atoms with E-state index in [1.54, 1.807) is 0 Å². The lowest BCUT2D eigenvalue weighted by atomic mass is 10.2. The van der Waals surface area contributed by atoms with E-state index in [1.165, 1.54) is 15.4 Å². The number of nitrogens with zero attached hydrogens (tertiary/aromatic N) is 1. The summed E-state index contributed by atoms with van der Waals surface area (Å²) in [6.07, 6.45) is 4.25. The van der Waals surface area contributed by atoms with E-state index in [4.69, 9.17) is 4.36 Å². The van der Waals surface area contributed by atoms with Gasteiger partial charge in [-0.15, -0.1) is 0 Å². The molecule has 0 fully saturated rings. The summed E-state index contributed by atoms with van der Waals surface area (Å²) in [6.45, 7) is 0.710. The van der Waals surface area contributed by atoms with Crippen molar-refractivity contribution in [3.05, 3.63) is 103 Å². The summed E-state index contributed by atoms with van der Waals surface area (Å²) in [4.78, 5) is 2.51. The predicted octanol–water partition coefficient (Wildman–Crippen LogP) is 5.62. The van der Waals surface area contributed by atoms with E-state index in [0.29, 0.717) is 6.54 Å². The molecule has 0 bridgehead atoms. The molecule has 0 spiro atoms. The molecule has 0 radical (unpaired) electrons. The molecule has 0 aliphatic rings. The molecule has 114 valence electrons. The van der Waals surface area contributed by atoms with E-state index in [0.717, 1.165) is 0 Å². The highest BCUT2D eigenvalue weighted by Gasteiger charge is 2.03. The molecule has 0 atom stereocenters. The van der Waals surface area contributed by atoms with Crippen molar-refractivity contribution in [1.82, 2.24) is 0 Å². The van der Waals surface area contributed by atoms with Crippen LogP contribution >= 0.6 is 0 Å². The summed E-state index contributed by atoms with van der Waals surface area (Å²) < 4.78 is 4.92. The van der Waals surface area contributed by atoms with E-state index >= 15 is 0 Å². The maximum atomic E-state index is 4.92. The van der Waals surface area contributed by atoms with Gasteiger partial charge in [-0.2, -0.15) is 0 Å². The first kappa shape index (κ1) is 15.4. The molecular weight excluding hydrogens is 298 g/mol. The molecule has 0 saturated carbocycles. The third-order valence-corrected chi connectivity index (χ3v) is 5.20. The van der Waals surface area contributed by atoms with Gasteiger partial charge in [-0.25, -0.2) is 0 Å². The van der Waals surface area contributed by atoms with Crippen molar-refractivity contribution in [2.45, 2.75) is 9.79 Å². The Hall–Kier alpha value is -2.45. The van der Waals surface area contributed by atoms with Gasteiger partial charge in [0.15, 0.2) is 0 Å². The fraction of sp³-hybridized carbons (Fsp3) is 0.0476. The minimum Gasteiger partial charge on any atom is -0.251 e. The molecule has 1 nitrogen and oxygen atoms in total. The van der Waals surface area contributed by atoms with Crippen LogP contribution in [0.25, 0.3) is 6.08 Å². The first-order valence-corrected chi connectivity index (χ1v) is 8.85. The second-order valence-corrected chi connectivity index (χ2v) is 6.81. The van der Waals surface area contributed by atoms with E-state index in [-0.39, 0.29) is 10.7 Å². The highest BCUT2D eigenvalue weighted by molar-refractivity contribution is 7.87. The van der Waals surface area contributed by atoms with E-state index in [1.807, 2.05) is 18.2 Å². The number of hydrogen-bond donors (Lipinski definition) is 0. The van der Waals surface area contributed by atoms with Crippen LogP contribution in [0, 0.1) is 0 Å². The van der Waals surface area contributed by atoms with Gasteiger partial charge in [0.1, 0.15) is 0 Å². The van der Waals surface area contributed by atoms with Gasteiger partial charge < -0.3 is 0 Å². The Labute approximate surface area is 140 Å². The first-order chi connectivity index (χ1) is 11.4. The Balaban J connectivity index is 1.83. The molecule has 0 aliphatic carbocycles. The van der Waals surface area contributed by atoms with Crippen molar-refractivity contribution in [2.24, 2.45) is 4.36 Å². The summed E-state index contributed by atoms with van der Waals surface area (Å²) in [5.74, 6) is 0. The highest BCUT2D eigenvalue weighted by atomic mass is 32.2. The van der Waals surface area contributed by atoms with E-state index in [9.17, 15) is 0 Å². The zero-order valence-electron chi connectivity index (χ0n) is 12.9. The number of benzene rings is 3. The maximum absolute atomic E-state index is 4.92. The summed E-state index contributed by atoms with van der Waals surface area (Å²) in [7, 11) is -0.235. The second-order valence-electron chi connectivity index (χ2n) is 5.04. The average molecular weight is 317 g/mol. The molecule has 0 unspecified atom stereocenters. The summed E-state index contributed by atoms with van der Waals surface area (Å²) >= 11 is 0. The molecule has 0 N–H and O–H groups in total. The third kappa shape index (κ3) is 4.51. The summed E-state index contributed by atoms with van der Waals surface area (Å²) in [5, 5.41) is 0. The van der Waals surface area contributed by atoms with Gasteiger partial charge in [-0.1, -0.05) is 78.9 Å². The van der Waals surface area contributed by atoms with Crippen LogP contribution in [0.5, 0.6) is 0 Å². The highest BCUT2D eigenvalue weighted by Crippen LogP contribution is 2.18. The molecule has 3 aromatic carbocycles. The normalized spacial score (nSPS) is 11.0. The van der Waals surface area contributed by atoms with Crippen LogP contribution in [0.4, 0.5) is 0 Å². The molecule has 0 amide bonds. The largest absolute Gasteiger partial charge is 0.251 e. The standard InChI is InChI=1S/C21H19NS/c1-4-11-19(12-5-1)13-10-18-22-23(20-14-6-2-7-15-20)21-16-8-3-9-17-21/h1-17H,18H2/b13-10+. The van der Waals surface area contributed by atoms with E-state index < -0.39 is 0 Å². The average Bonchev–Trinajstić information content (AvgIpc) is 2.64. The Morgan fingerprint density at radius 3 is 1.65 bits per heavy atom. The fourth-order valence-corrected chi connectivity index (χ4v) is 3.89. The lowest BCUT2D eigenvalue weighted by Gasteiger charge is -2.08. The van der Waals surface area contributed by atoms with Crippen LogP contribution in [0.15, 0.2) is 111 Å². The van der Waals surface area contributed by atoms with Crippen molar-refractivity contribution >= 4 is 16.8 Å². The Kier molecular flexibility index (Phi) is 5.54. The van der Waals surface area contributed by atoms with Crippen LogP contribution in [-0.4, -0.2) is 6.54 Å². The minimum atomic E-state index is -0.235. The van der Waals surface area contributed by atoms with Gasteiger partial charge in [0.05, 0.1) is 6.54 Å². The van der Waals surface area contributed by atoms with Gasteiger partial charge in [0.25, 0.3) is 0 Å². The second kappa shape index (κ2) is 8.25. The number of rotatable bonds is 5. The minimum absolute atomic E-state index is 0.235. The molecule has 3 aromatic rings.